The zero-order chi connectivity index (χ0) is 11.9. The number of nitroso groups, excluding NO2 is 1. The van der Waals surface area contributed by atoms with Gasteiger partial charge in [0.25, 0.3) is 0 Å². The molecule has 2 aromatic heterocycles. The fourth-order valence-electron chi connectivity index (χ4n) is 1.76. The highest BCUT2D eigenvalue weighted by atomic mass is 16.3. The monoisotopic (exact) mass is 231 g/mol. The minimum absolute atomic E-state index is 0.144. The normalized spacial score (nSPS) is 10.4. The summed E-state index contributed by atoms with van der Waals surface area (Å²) in [6.45, 7) is 1.95. The molecule has 0 amide bonds. The van der Waals surface area contributed by atoms with Crippen molar-refractivity contribution in [2.24, 2.45) is 5.18 Å². The van der Waals surface area contributed by atoms with Gasteiger partial charge in [0.05, 0.1) is 0 Å². The Balaban J connectivity index is 1.86. The molecule has 0 unspecified atom stereocenters. The second-order valence-electron chi connectivity index (χ2n) is 3.79. The van der Waals surface area contributed by atoms with Gasteiger partial charge in [0.2, 0.25) is 0 Å². The number of aryl methyl sites for hydroxylation is 2. The average Bonchev–Trinajstić information content (AvgIpc) is 2.79. The second kappa shape index (κ2) is 5.89. The van der Waals surface area contributed by atoms with Crippen LogP contribution < -0.4 is 4.57 Å². The van der Waals surface area contributed by atoms with Crippen molar-refractivity contribution in [2.75, 3.05) is 0 Å². The Bertz CT molecular complexity index is 466. The van der Waals surface area contributed by atoms with E-state index in [4.69, 9.17) is 0 Å². The standard InChI is InChI=1S/C12H15N4O/c17-14-11-12-13-5-10-16(12)9-4-8-15-6-2-1-3-7-15/h1-3,5-7,10H,4,8-9,11H2/q+1. The number of rotatable bonds is 6. The summed E-state index contributed by atoms with van der Waals surface area (Å²) in [5.74, 6) is 0.734. The third-order valence-electron chi connectivity index (χ3n) is 2.60. The summed E-state index contributed by atoms with van der Waals surface area (Å²) < 4.78 is 4.11. The Kier molecular flexibility index (Phi) is 3.96. The van der Waals surface area contributed by atoms with E-state index in [-0.39, 0.29) is 6.54 Å². The van der Waals surface area contributed by atoms with Gasteiger partial charge in [-0.3, -0.25) is 0 Å². The van der Waals surface area contributed by atoms with Crippen LogP contribution in [0.2, 0.25) is 0 Å². The Labute approximate surface area is 99.7 Å². The number of aromatic nitrogens is 3. The van der Waals surface area contributed by atoms with Crippen molar-refractivity contribution >= 4 is 0 Å². The smallest absolute Gasteiger partial charge is 0.168 e. The van der Waals surface area contributed by atoms with Gasteiger partial charge in [-0.2, -0.15) is 4.91 Å². The molecule has 0 N–H and O–H groups in total. The lowest BCUT2D eigenvalue weighted by Crippen LogP contribution is -2.32. The number of nitrogens with zero attached hydrogens (tertiary/aromatic N) is 4. The van der Waals surface area contributed by atoms with Crippen molar-refractivity contribution in [3.05, 3.63) is 53.7 Å². The molecule has 17 heavy (non-hydrogen) atoms. The highest BCUT2D eigenvalue weighted by Crippen LogP contribution is 2.01. The molecular formula is C12H15N4O+. The van der Waals surface area contributed by atoms with Crippen LogP contribution >= 0.6 is 0 Å². The summed E-state index contributed by atoms with van der Waals surface area (Å²) in [5, 5.41) is 2.87. The predicted molar refractivity (Wildman–Crippen MR) is 63.0 cm³/mol. The third kappa shape index (κ3) is 3.21. The molecule has 0 saturated carbocycles. The summed E-state index contributed by atoms with van der Waals surface area (Å²) >= 11 is 0. The highest BCUT2D eigenvalue weighted by Gasteiger charge is 2.03. The van der Waals surface area contributed by atoms with Crippen LogP contribution in [-0.4, -0.2) is 9.55 Å². The van der Waals surface area contributed by atoms with E-state index in [0.717, 1.165) is 25.3 Å². The summed E-state index contributed by atoms with van der Waals surface area (Å²) in [7, 11) is 0. The quantitative estimate of drug-likeness (QED) is 0.559. The van der Waals surface area contributed by atoms with Crippen LogP contribution in [0.5, 0.6) is 0 Å². The van der Waals surface area contributed by atoms with Crippen LogP contribution in [-0.2, 0) is 19.6 Å². The van der Waals surface area contributed by atoms with Crippen molar-refractivity contribution in [1.82, 2.24) is 9.55 Å². The Hall–Kier alpha value is -2.04. The molecule has 88 valence electrons. The maximum absolute atomic E-state index is 10.2. The summed E-state index contributed by atoms with van der Waals surface area (Å²) in [4.78, 5) is 14.3. The number of imidazole rings is 1. The predicted octanol–water partition coefficient (Wildman–Crippen LogP) is 1.53. The Morgan fingerprint density at radius 3 is 2.88 bits per heavy atom. The van der Waals surface area contributed by atoms with Crippen molar-refractivity contribution in [3.8, 4) is 0 Å². The van der Waals surface area contributed by atoms with Crippen LogP contribution in [0.1, 0.15) is 12.2 Å². The molecule has 2 heterocycles. The van der Waals surface area contributed by atoms with Crippen LogP contribution in [0, 0.1) is 4.91 Å². The maximum Gasteiger partial charge on any atom is 0.168 e. The summed E-state index contributed by atoms with van der Waals surface area (Å²) in [6.07, 6.45) is 8.67. The molecule has 0 saturated heterocycles. The van der Waals surface area contributed by atoms with Gasteiger partial charge in [-0.25, -0.2) is 9.55 Å². The summed E-state index contributed by atoms with van der Waals surface area (Å²) in [5.41, 5.74) is 0. The molecule has 0 aliphatic heterocycles. The minimum atomic E-state index is 0.144. The van der Waals surface area contributed by atoms with E-state index < -0.39 is 0 Å². The van der Waals surface area contributed by atoms with E-state index in [0.29, 0.717) is 0 Å². The van der Waals surface area contributed by atoms with Crippen LogP contribution in [0.4, 0.5) is 0 Å². The molecule has 5 nitrogen and oxygen atoms in total. The minimum Gasteiger partial charge on any atom is -0.333 e. The molecular weight excluding hydrogens is 216 g/mol. The van der Waals surface area contributed by atoms with Gasteiger partial charge in [0, 0.05) is 37.5 Å². The molecule has 2 rings (SSSR count). The molecule has 0 aromatic carbocycles. The van der Waals surface area contributed by atoms with Gasteiger partial charge >= 0.3 is 0 Å². The first-order valence-electron chi connectivity index (χ1n) is 5.63. The van der Waals surface area contributed by atoms with Crippen molar-refractivity contribution in [3.63, 3.8) is 0 Å². The van der Waals surface area contributed by atoms with Gasteiger partial charge in [-0.1, -0.05) is 11.2 Å². The zero-order valence-corrected chi connectivity index (χ0v) is 9.57. The van der Waals surface area contributed by atoms with Gasteiger partial charge in [0.1, 0.15) is 18.9 Å². The van der Waals surface area contributed by atoms with E-state index in [1.165, 1.54) is 0 Å². The third-order valence-corrected chi connectivity index (χ3v) is 2.60. The average molecular weight is 231 g/mol. The van der Waals surface area contributed by atoms with Crippen LogP contribution in [0.15, 0.2) is 48.2 Å². The van der Waals surface area contributed by atoms with Gasteiger partial charge in [-0.15, -0.1) is 0 Å². The van der Waals surface area contributed by atoms with E-state index in [2.05, 4.69) is 14.7 Å². The molecule has 0 radical (unpaired) electrons. The second-order valence-corrected chi connectivity index (χ2v) is 3.79. The van der Waals surface area contributed by atoms with E-state index >= 15 is 0 Å². The van der Waals surface area contributed by atoms with Gasteiger partial charge < -0.3 is 4.57 Å². The largest absolute Gasteiger partial charge is 0.333 e. The van der Waals surface area contributed by atoms with E-state index in [1.54, 1.807) is 6.20 Å². The Morgan fingerprint density at radius 1 is 1.29 bits per heavy atom. The fourth-order valence-corrected chi connectivity index (χ4v) is 1.76. The maximum atomic E-state index is 10.2. The molecule has 0 aliphatic carbocycles. The zero-order valence-electron chi connectivity index (χ0n) is 9.57. The lowest BCUT2D eigenvalue weighted by atomic mass is 10.4. The topological polar surface area (TPSA) is 51.1 Å². The lowest BCUT2D eigenvalue weighted by Gasteiger charge is -2.03. The van der Waals surface area contributed by atoms with Gasteiger partial charge in [0.15, 0.2) is 12.4 Å². The first-order valence-corrected chi connectivity index (χ1v) is 5.63. The SMILES string of the molecule is O=NCc1nccn1CCC[n+]1ccccc1. The molecule has 0 fully saturated rings. The molecule has 0 atom stereocenters. The molecule has 2 aromatic rings. The van der Waals surface area contributed by atoms with Crippen molar-refractivity contribution in [1.29, 1.82) is 0 Å². The number of pyridine rings is 1. The van der Waals surface area contributed by atoms with Crippen LogP contribution in [0.25, 0.3) is 0 Å². The highest BCUT2D eigenvalue weighted by molar-refractivity contribution is 4.91. The van der Waals surface area contributed by atoms with Gasteiger partial charge in [-0.05, 0) is 0 Å². The molecule has 0 bridgehead atoms. The number of hydrogen-bond acceptors (Lipinski definition) is 3. The molecule has 0 spiro atoms. The Morgan fingerprint density at radius 2 is 2.12 bits per heavy atom. The first-order chi connectivity index (χ1) is 8.40. The lowest BCUT2D eigenvalue weighted by molar-refractivity contribution is -0.697. The van der Waals surface area contributed by atoms with E-state index in [1.807, 2.05) is 41.4 Å². The molecule has 0 aliphatic rings. The first kappa shape index (κ1) is 11.4. The van der Waals surface area contributed by atoms with Crippen LogP contribution in [0.3, 0.4) is 0 Å². The number of hydrogen-bond donors (Lipinski definition) is 0. The van der Waals surface area contributed by atoms with Crippen molar-refractivity contribution in [2.45, 2.75) is 26.1 Å². The van der Waals surface area contributed by atoms with Crippen molar-refractivity contribution < 1.29 is 4.57 Å². The van der Waals surface area contributed by atoms with E-state index in [9.17, 15) is 4.91 Å². The fraction of sp³-hybridized carbons (Fsp3) is 0.333. The summed E-state index contributed by atoms with van der Waals surface area (Å²) in [6, 6.07) is 6.03. The molecule has 5 heteroatoms.